The Morgan fingerprint density at radius 2 is 1.88 bits per heavy atom. The summed E-state index contributed by atoms with van der Waals surface area (Å²) in [5, 5.41) is 0. The van der Waals surface area contributed by atoms with Crippen LogP contribution in [0.25, 0.3) is 0 Å². The lowest BCUT2D eigenvalue weighted by Gasteiger charge is -2.10. The van der Waals surface area contributed by atoms with Crippen LogP contribution in [-0.4, -0.2) is 12.1 Å². The van der Waals surface area contributed by atoms with Crippen molar-refractivity contribution in [3.63, 3.8) is 0 Å². The number of rotatable bonds is 3. The lowest BCUT2D eigenvalue weighted by Crippen LogP contribution is -2.21. The van der Waals surface area contributed by atoms with Gasteiger partial charge in [0.25, 0.3) is 0 Å². The standard InChI is InChI=1S/C12H11F3O2/c1-2-10(12(13,14)15)11(16)17-8-9-6-4-3-5-7-9/h2-7H,8H2,1H3/b10-2-. The van der Waals surface area contributed by atoms with Gasteiger partial charge in [-0.05, 0) is 12.5 Å². The molecule has 0 amide bonds. The van der Waals surface area contributed by atoms with Gasteiger partial charge in [-0.15, -0.1) is 0 Å². The maximum Gasteiger partial charge on any atom is 0.423 e. The molecule has 0 aliphatic carbocycles. The van der Waals surface area contributed by atoms with Crippen LogP contribution in [-0.2, 0) is 16.1 Å². The van der Waals surface area contributed by atoms with E-state index >= 15 is 0 Å². The molecule has 0 aliphatic heterocycles. The first-order valence-corrected chi connectivity index (χ1v) is 4.89. The van der Waals surface area contributed by atoms with E-state index in [-0.39, 0.29) is 6.61 Å². The Morgan fingerprint density at radius 3 is 2.35 bits per heavy atom. The highest BCUT2D eigenvalue weighted by molar-refractivity contribution is 5.89. The Kier molecular flexibility index (Phi) is 4.31. The molecule has 0 atom stereocenters. The van der Waals surface area contributed by atoms with Gasteiger partial charge in [-0.25, -0.2) is 4.79 Å². The van der Waals surface area contributed by atoms with Crippen LogP contribution in [0.3, 0.4) is 0 Å². The first-order chi connectivity index (χ1) is 7.95. The normalized spacial score (nSPS) is 12.4. The molecule has 0 spiro atoms. The largest absolute Gasteiger partial charge is 0.457 e. The summed E-state index contributed by atoms with van der Waals surface area (Å²) in [7, 11) is 0. The molecule has 0 aromatic heterocycles. The number of esters is 1. The first-order valence-electron chi connectivity index (χ1n) is 4.89. The Hall–Kier alpha value is -1.78. The zero-order chi connectivity index (χ0) is 12.9. The second-order valence-electron chi connectivity index (χ2n) is 3.26. The average molecular weight is 244 g/mol. The minimum absolute atomic E-state index is 0.174. The zero-order valence-electron chi connectivity index (χ0n) is 9.12. The predicted molar refractivity (Wildman–Crippen MR) is 56.1 cm³/mol. The molecule has 0 bridgehead atoms. The Morgan fingerprint density at radius 1 is 1.29 bits per heavy atom. The van der Waals surface area contributed by atoms with Crippen molar-refractivity contribution >= 4 is 5.97 Å². The number of ether oxygens (including phenoxy) is 1. The highest BCUT2D eigenvalue weighted by atomic mass is 19.4. The summed E-state index contributed by atoms with van der Waals surface area (Å²) < 4.78 is 41.6. The van der Waals surface area contributed by atoms with Crippen LogP contribution >= 0.6 is 0 Å². The highest BCUT2D eigenvalue weighted by Gasteiger charge is 2.38. The van der Waals surface area contributed by atoms with Crippen LogP contribution in [0, 0.1) is 0 Å². The minimum Gasteiger partial charge on any atom is -0.457 e. The second-order valence-corrected chi connectivity index (χ2v) is 3.26. The SMILES string of the molecule is C/C=C(/C(=O)OCc1ccccc1)C(F)(F)F. The smallest absolute Gasteiger partial charge is 0.423 e. The monoisotopic (exact) mass is 244 g/mol. The average Bonchev–Trinajstić information content (AvgIpc) is 2.27. The van der Waals surface area contributed by atoms with Gasteiger partial charge in [-0.2, -0.15) is 13.2 Å². The molecule has 0 aliphatic rings. The molecule has 1 rings (SSSR count). The lowest BCUT2D eigenvalue weighted by molar-refractivity contribution is -0.151. The van der Waals surface area contributed by atoms with E-state index in [4.69, 9.17) is 0 Å². The number of halogens is 3. The van der Waals surface area contributed by atoms with E-state index in [0.717, 1.165) is 6.92 Å². The fourth-order valence-electron chi connectivity index (χ4n) is 1.20. The quantitative estimate of drug-likeness (QED) is 0.602. The van der Waals surface area contributed by atoms with Crippen molar-refractivity contribution in [1.29, 1.82) is 0 Å². The van der Waals surface area contributed by atoms with Crippen molar-refractivity contribution in [3.05, 3.63) is 47.5 Å². The van der Waals surface area contributed by atoms with Gasteiger partial charge in [0, 0.05) is 0 Å². The van der Waals surface area contributed by atoms with E-state index in [9.17, 15) is 18.0 Å². The molecule has 0 heterocycles. The van der Waals surface area contributed by atoms with E-state index in [1.165, 1.54) is 0 Å². The Bertz CT molecular complexity index is 408. The van der Waals surface area contributed by atoms with Crippen LogP contribution in [0.4, 0.5) is 13.2 Å². The molecule has 0 unspecified atom stereocenters. The lowest BCUT2D eigenvalue weighted by atomic mass is 10.2. The zero-order valence-corrected chi connectivity index (χ0v) is 9.12. The van der Waals surface area contributed by atoms with Crippen molar-refractivity contribution in [2.45, 2.75) is 19.7 Å². The second kappa shape index (κ2) is 5.52. The molecular weight excluding hydrogens is 233 g/mol. The molecule has 0 N–H and O–H groups in total. The van der Waals surface area contributed by atoms with Crippen LogP contribution < -0.4 is 0 Å². The molecule has 2 nitrogen and oxygen atoms in total. The van der Waals surface area contributed by atoms with Crippen molar-refractivity contribution in [2.24, 2.45) is 0 Å². The summed E-state index contributed by atoms with van der Waals surface area (Å²) in [6, 6.07) is 8.51. The van der Waals surface area contributed by atoms with E-state index in [2.05, 4.69) is 4.74 Å². The van der Waals surface area contributed by atoms with Crippen LogP contribution in [0.15, 0.2) is 42.0 Å². The van der Waals surface area contributed by atoms with Crippen molar-refractivity contribution in [2.75, 3.05) is 0 Å². The molecule has 0 saturated carbocycles. The maximum absolute atomic E-state index is 12.3. The summed E-state index contributed by atoms with van der Waals surface area (Å²) in [6.07, 6.45) is -3.98. The van der Waals surface area contributed by atoms with Gasteiger partial charge < -0.3 is 4.74 Å². The molecule has 0 radical (unpaired) electrons. The molecule has 5 heteroatoms. The summed E-state index contributed by atoms with van der Waals surface area (Å²) in [6.45, 7) is 0.972. The van der Waals surface area contributed by atoms with E-state index in [1.54, 1.807) is 30.3 Å². The van der Waals surface area contributed by atoms with E-state index in [0.29, 0.717) is 11.6 Å². The van der Waals surface area contributed by atoms with Gasteiger partial charge in [0.05, 0.1) is 0 Å². The number of carbonyl (C=O) groups excluding carboxylic acids is 1. The van der Waals surface area contributed by atoms with Gasteiger partial charge >= 0.3 is 12.1 Å². The molecule has 0 fully saturated rings. The number of hydrogen-bond acceptors (Lipinski definition) is 2. The van der Waals surface area contributed by atoms with Crippen molar-refractivity contribution in [3.8, 4) is 0 Å². The number of allylic oxidation sites excluding steroid dienone is 1. The first kappa shape index (κ1) is 13.3. The minimum atomic E-state index is -4.68. The molecule has 0 saturated heterocycles. The van der Waals surface area contributed by atoms with E-state index < -0.39 is 17.7 Å². The number of hydrogen-bond donors (Lipinski definition) is 0. The third-order valence-electron chi connectivity index (χ3n) is 2.03. The van der Waals surface area contributed by atoms with Gasteiger partial charge in [-0.1, -0.05) is 36.4 Å². The Labute approximate surface area is 96.7 Å². The molecule has 1 aromatic carbocycles. The van der Waals surface area contributed by atoms with Crippen molar-refractivity contribution in [1.82, 2.24) is 0 Å². The molecule has 1 aromatic rings. The van der Waals surface area contributed by atoms with Gasteiger partial charge in [0.15, 0.2) is 0 Å². The van der Waals surface area contributed by atoms with Gasteiger partial charge in [0.2, 0.25) is 0 Å². The number of alkyl halides is 3. The third-order valence-corrected chi connectivity index (χ3v) is 2.03. The van der Waals surface area contributed by atoms with Crippen LogP contribution in [0.2, 0.25) is 0 Å². The fourth-order valence-corrected chi connectivity index (χ4v) is 1.20. The third kappa shape index (κ3) is 3.94. The summed E-state index contributed by atoms with van der Waals surface area (Å²) >= 11 is 0. The van der Waals surface area contributed by atoms with Crippen molar-refractivity contribution < 1.29 is 22.7 Å². The maximum atomic E-state index is 12.3. The topological polar surface area (TPSA) is 26.3 Å². The summed E-state index contributed by atoms with van der Waals surface area (Å²) in [5.41, 5.74) is -0.646. The predicted octanol–water partition coefficient (Wildman–Crippen LogP) is 3.24. The molecule has 17 heavy (non-hydrogen) atoms. The number of carbonyl (C=O) groups is 1. The summed E-state index contributed by atoms with van der Waals surface area (Å²) in [4.78, 5) is 11.2. The molecule has 92 valence electrons. The van der Waals surface area contributed by atoms with E-state index in [1.807, 2.05) is 0 Å². The molecular formula is C12H11F3O2. The van der Waals surface area contributed by atoms with Gasteiger partial charge in [-0.3, -0.25) is 0 Å². The summed E-state index contributed by atoms with van der Waals surface area (Å²) in [5.74, 6) is -1.36. The highest BCUT2D eigenvalue weighted by Crippen LogP contribution is 2.26. The van der Waals surface area contributed by atoms with Gasteiger partial charge in [0.1, 0.15) is 12.2 Å². The van der Waals surface area contributed by atoms with Crippen LogP contribution in [0.1, 0.15) is 12.5 Å². The Balaban J connectivity index is 2.62. The fraction of sp³-hybridized carbons (Fsp3) is 0.250. The van der Waals surface area contributed by atoms with Crippen LogP contribution in [0.5, 0.6) is 0 Å². The number of benzene rings is 1.